The molecule has 0 spiro atoms. The predicted octanol–water partition coefficient (Wildman–Crippen LogP) is 5.54. The Morgan fingerprint density at radius 1 is 0.714 bits per heavy atom. The summed E-state index contributed by atoms with van der Waals surface area (Å²) >= 11 is 0. The maximum atomic E-state index is 11.9. The summed E-state index contributed by atoms with van der Waals surface area (Å²) in [6.07, 6.45) is 12.9. The van der Waals surface area contributed by atoms with Crippen LogP contribution < -0.4 is 0 Å². The van der Waals surface area contributed by atoms with Crippen molar-refractivity contribution in [3.05, 3.63) is 12.2 Å². The monoisotopic (exact) mass is 396 g/mol. The highest BCUT2D eigenvalue weighted by Gasteiger charge is 2.29. The van der Waals surface area contributed by atoms with E-state index in [1.807, 2.05) is 0 Å². The Kier molecular flexibility index (Phi) is 16.3. The van der Waals surface area contributed by atoms with Gasteiger partial charge in [0.2, 0.25) is 0 Å². The van der Waals surface area contributed by atoms with Gasteiger partial charge in [0.05, 0.1) is 0 Å². The zero-order valence-corrected chi connectivity index (χ0v) is 18.5. The van der Waals surface area contributed by atoms with Crippen LogP contribution in [-0.4, -0.2) is 34.0 Å². The molecule has 0 amide bonds. The second-order valence-electron chi connectivity index (χ2n) is 8.68. The summed E-state index contributed by atoms with van der Waals surface area (Å²) in [4.78, 5) is 23.4. The third kappa shape index (κ3) is 14.1. The highest BCUT2D eigenvalue weighted by atomic mass is 16.3. The molecule has 0 aliphatic rings. The molecule has 2 N–H and O–H groups in total. The average Bonchev–Trinajstić information content (AvgIpc) is 2.65. The highest BCUT2D eigenvalue weighted by molar-refractivity contribution is 6.01. The van der Waals surface area contributed by atoms with Gasteiger partial charge >= 0.3 is 0 Å². The van der Waals surface area contributed by atoms with Crippen molar-refractivity contribution in [3.63, 3.8) is 0 Å². The summed E-state index contributed by atoms with van der Waals surface area (Å²) in [5, 5.41) is 19.4. The first-order valence-electron chi connectivity index (χ1n) is 11.4. The Bertz CT molecular complexity index is 442. The number of carbonyl (C=O) groups is 2. The number of carbonyl (C=O) groups excluding carboxylic acids is 2. The van der Waals surface area contributed by atoms with Crippen LogP contribution in [-0.2, 0) is 9.59 Å². The van der Waals surface area contributed by atoms with Crippen molar-refractivity contribution in [2.24, 2.45) is 5.92 Å². The van der Waals surface area contributed by atoms with Gasteiger partial charge in [0.25, 0.3) is 0 Å². The Morgan fingerprint density at radius 2 is 1.11 bits per heavy atom. The fraction of sp³-hybridized carbons (Fsp3) is 0.833. The van der Waals surface area contributed by atoms with E-state index in [0.29, 0.717) is 6.42 Å². The van der Waals surface area contributed by atoms with Gasteiger partial charge in [-0.15, -0.1) is 0 Å². The molecule has 0 aromatic rings. The number of Topliss-reactive ketones (excluding diaryl/α,β-unsaturated/α-hetero) is 2. The highest BCUT2D eigenvalue weighted by Crippen LogP contribution is 2.15. The normalized spacial score (nSPS) is 13.5. The SMILES string of the molecule is C=C(C)C(=O)C(O)C(O)C(=O)CCCCCCCCCCCCCCC(C)C. The minimum atomic E-state index is -1.68. The van der Waals surface area contributed by atoms with E-state index < -0.39 is 23.8 Å². The lowest BCUT2D eigenvalue weighted by molar-refractivity contribution is -0.141. The lowest BCUT2D eigenvalue weighted by atomic mass is 9.98. The zero-order chi connectivity index (χ0) is 21.4. The molecule has 0 aliphatic heterocycles. The third-order valence-corrected chi connectivity index (χ3v) is 5.27. The average molecular weight is 397 g/mol. The molecule has 0 rings (SSSR count). The minimum Gasteiger partial charge on any atom is -0.382 e. The van der Waals surface area contributed by atoms with Gasteiger partial charge in [-0.2, -0.15) is 0 Å². The number of hydrogen-bond acceptors (Lipinski definition) is 4. The number of rotatable bonds is 19. The number of aliphatic hydroxyl groups is 2. The summed E-state index contributed by atoms with van der Waals surface area (Å²) in [5.41, 5.74) is 0.144. The molecule has 0 aliphatic carbocycles. The molecular formula is C24H44O4. The van der Waals surface area contributed by atoms with E-state index in [1.165, 1.54) is 71.1 Å². The Labute approximate surface area is 172 Å². The molecule has 2 atom stereocenters. The molecule has 28 heavy (non-hydrogen) atoms. The summed E-state index contributed by atoms with van der Waals surface area (Å²) in [6, 6.07) is 0. The van der Waals surface area contributed by atoms with Crippen molar-refractivity contribution in [2.45, 2.75) is 123 Å². The Balaban J connectivity index is 3.49. The van der Waals surface area contributed by atoms with Crippen LogP contribution in [0.4, 0.5) is 0 Å². The summed E-state index contributed by atoms with van der Waals surface area (Å²) in [5.74, 6) is -0.299. The number of ketones is 2. The van der Waals surface area contributed by atoms with Gasteiger partial charge in [0.15, 0.2) is 11.6 Å². The Morgan fingerprint density at radius 3 is 1.50 bits per heavy atom. The van der Waals surface area contributed by atoms with Crippen LogP contribution in [0.3, 0.4) is 0 Å². The van der Waals surface area contributed by atoms with Crippen LogP contribution in [0.2, 0.25) is 0 Å². The second-order valence-corrected chi connectivity index (χ2v) is 8.68. The molecule has 4 heteroatoms. The number of unbranched alkanes of at least 4 members (excludes halogenated alkanes) is 11. The van der Waals surface area contributed by atoms with Crippen LogP contribution in [0.1, 0.15) is 111 Å². The number of hydrogen-bond donors (Lipinski definition) is 2. The maximum Gasteiger partial charge on any atom is 0.189 e. The van der Waals surface area contributed by atoms with Crippen molar-refractivity contribution in [3.8, 4) is 0 Å². The molecule has 164 valence electrons. The first kappa shape index (κ1) is 27.0. The summed E-state index contributed by atoms with van der Waals surface area (Å²) < 4.78 is 0. The van der Waals surface area contributed by atoms with Crippen LogP contribution >= 0.6 is 0 Å². The number of aliphatic hydroxyl groups excluding tert-OH is 2. The van der Waals surface area contributed by atoms with Gasteiger partial charge in [-0.05, 0) is 24.8 Å². The first-order chi connectivity index (χ1) is 13.3. The van der Waals surface area contributed by atoms with E-state index in [2.05, 4.69) is 20.4 Å². The summed E-state index contributed by atoms with van der Waals surface area (Å²) in [7, 11) is 0. The molecule has 0 radical (unpaired) electrons. The van der Waals surface area contributed by atoms with Gasteiger partial charge < -0.3 is 10.2 Å². The first-order valence-corrected chi connectivity index (χ1v) is 11.4. The van der Waals surface area contributed by atoms with Gasteiger partial charge in [-0.1, -0.05) is 97.5 Å². The topological polar surface area (TPSA) is 74.6 Å². The van der Waals surface area contributed by atoms with Gasteiger partial charge in [0, 0.05) is 6.42 Å². The fourth-order valence-corrected chi connectivity index (χ4v) is 3.34. The zero-order valence-electron chi connectivity index (χ0n) is 18.5. The molecule has 0 heterocycles. The fourth-order valence-electron chi connectivity index (χ4n) is 3.34. The van der Waals surface area contributed by atoms with E-state index >= 15 is 0 Å². The summed E-state index contributed by atoms with van der Waals surface area (Å²) in [6.45, 7) is 9.47. The van der Waals surface area contributed by atoms with E-state index in [4.69, 9.17) is 0 Å². The molecule has 4 nitrogen and oxygen atoms in total. The molecule has 2 unspecified atom stereocenters. The van der Waals surface area contributed by atoms with Crippen molar-refractivity contribution in [2.75, 3.05) is 0 Å². The van der Waals surface area contributed by atoms with Crippen LogP contribution in [0, 0.1) is 5.92 Å². The second kappa shape index (κ2) is 16.9. The largest absolute Gasteiger partial charge is 0.382 e. The van der Waals surface area contributed by atoms with Crippen LogP contribution in [0.5, 0.6) is 0 Å². The van der Waals surface area contributed by atoms with Crippen molar-refractivity contribution < 1.29 is 19.8 Å². The standard InChI is InChI=1S/C24H44O4/c1-19(2)17-15-13-11-9-7-5-6-8-10-12-14-16-18-21(25)23(27)24(28)22(26)20(3)4/h19,23-24,27-28H,3,5-18H2,1-2,4H3. The maximum absolute atomic E-state index is 11.9. The van der Waals surface area contributed by atoms with Crippen molar-refractivity contribution >= 4 is 11.6 Å². The quantitative estimate of drug-likeness (QED) is 0.222. The van der Waals surface area contributed by atoms with E-state index in [1.54, 1.807) is 0 Å². The predicted molar refractivity (Wildman–Crippen MR) is 116 cm³/mol. The van der Waals surface area contributed by atoms with Crippen LogP contribution in [0.25, 0.3) is 0 Å². The van der Waals surface area contributed by atoms with Crippen LogP contribution in [0.15, 0.2) is 12.2 Å². The van der Waals surface area contributed by atoms with Gasteiger partial charge in [-0.3, -0.25) is 9.59 Å². The van der Waals surface area contributed by atoms with Gasteiger partial charge in [0.1, 0.15) is 12.2 Å². The van der Waals surface area contributed by atoms with E-state index in [0.717, 1.165) is 18.8 Å². The third-order valence-electron chi connectivity index (χ3n) is 5.27. The van der Waals surface area contributed by atoms with Crippen molar-refractivity contribution in [1.29, 1.82) is 0 Å². The van der Waals surface area contributed by atoms with E-state index in [9.17, 15) is 19.8 Å². The molecule has 0 saturated carbocycles. The lowest BCUT2D eigenvalue weighted by Gasteiger charge is -2.15. The molecule has 0 aromatic carbocycles. The molecule has 0 saturated heterocycles. The molecule has 0 fully saturated rings. The van der Waals surface area contributed by atoms with Crippen molar-refractivity contribution in [1.82, 2.24) is 0 Å². The minimum absolute atomic E-state index is 0.144. The molecule has 0 bridgehead atoms. The lowest BCUT2D eigenvalue weighted by Crippen LogP contribution is -2.39. The molecule has 0 aromatic heterocycles. The molecular weight excluding hydrogens is 352 g/mol. The van der Waals surface area contributed by atoms with E-state index in [-0.39, 0.29) is 12.0 Å². The van der Waals surface area contributed by atoms with Gasteiger partial charge in [-0.25, -0.2) is 0 Å². The smallest absolute Gasteiger partial charge is 0.189 e. The Hall–Kier alpha value is -1.00.